The molecule has 6 nitrogen and oxygen atoms in total. The Kier molecular flexibility index (Phi) is 5.19. The predicted molar refractivity (Wildman–Crippen MR) is 97.8 cm³/mol. The number of likely N-dealkylation sites (N-methyl/N-ethyl adjacent to an activating group) is 2. The van der Waals surface area contributed by atoms with E-state index < -0.39 is 0 Å². The molecule has 1 unspecified atom stereocenters. The van der Waals surface area contributed by atoms with Gasteiger partial charge in [-0.15, -0.1) is 0 Å². The van der Waals surface area contributed by atoms with E-state index in [1.54, 1.807) is 23.2 Å². The van der Waals surface area contributed by atoms with Crippen molar-refractivity contribution in [1.29, 1.82) is 0 Å². The molecule has 0 fully saturated rings. The maximum atomic E-state index is 12.5. The van der Waals surface area contributed by atoms with E-state index in [2.05, 4.69) is 46.5 Å². The number of rotatable bonds is 4. The molecule has 1 N–H and O–H groups in total. The van der Waals surface area contributed by atoms with Crippen LogP contribution in [0.4, 0.5) is 10.5 Å². The van der Waals surface area contributed by atoms with E-state index in [4.69, 9.17) is 4.74 Å². The van der Waals surface area contributed by atoms with Gasteiger partial charge >= 0.3 is 6.03 Å². The number of carbonyl (C=O) groups is 1. The van der Waals surface area contributed by atoms with Gasteiger partial charge in [-0.05, 0) is 36.7 Å². The molecule has 1 aromatic carbocycles. The number of aromatic nitrogens is 1. The third-order valence-electron chi connectivity index (χ3n) is 4.65. The van der Waals surface area contributed by atoms with Gasteiger partial charge in [-0.2, -0.15) is 0 Å². The first kappa shape index (κ1) is 17.2. The first-order chi connectivity index (χ1) is 12.1. The molecule has 3 rings (SSSR count). The van der Waals surface area contributed by atoms with Gasteiger partial charge in [0.25, 0.3) is 0 Å². The highest BCUT2D eigenvalue weighted by molar-refractivity contribution is 5.90. The topological polar surface area (TPSA) is 57.7 Å². The molecule has 1 aliphatic rings. The van der Waals surface area contributed by atoms with E-state index in [1.807, 2.05) is 7.05 Å². The quantitative estimate of drug-likeness (QED) is 0.929. The summed E-state index contributed by atoms with van der Waals surface area (Å²) in [6.07, 6.45) is 2.58. The maximum Gasteiger partial charge on any atom is 0.321 e. The molecule has 0 spiro atoms. The minimum absolute atomic E-state index is 0.168. The standard InChI is InChI=1S/C19H24N4O2/c1-22-12-15-8-5-4-7-14(15)11-16(22)13-23(2)19(24)21-17-9-6-10-20-18(17)25-3/h4-10,16H,11-13H2,1-3H3,(H,21,24). The van der Waals surface area contributed by atoms with Crippen LogP contribution in [0, 0.1) is 0 Å². The molecule has 0 radical (unpaired) electrons. The van der Waals surface area contributed by atoms with Gasteiger partial charge in [0.15, 0.2) is 0 Å². The van der Waals surface area contributed by atoms with E-state index in [0.29, 0.717) is 24.2 Å². The van der Waals surface area contributed by atoms with Gasteiger partial charge in [-0.3, -0.25) is 4.90 Å². The normalized spacial score (nSPS) is 16.8. The molecular weight excluding hydrogens is 316 g/mol. The summed E-state index contributed by atoms with van der Waals surface area (Å²) in [7, 11) is 5.46. The fourth-order valence-corrected chi connectivity index (χ4v) is 3.18. The molecule has 1 aromatic heterocycles. The number of hydrogen-bond donors (Lipinski definition) is 1. The number of carbonyl (C=O) groups excluding carboxylic acids is 1. The van der Waals surface area contributed by atoms with Gasteiger partial charge in [-0.1, -0.05) is 24.3 Å². The van der Waals surface area contributed by atoms with Crippen LogP contribution in [0.25, 0.3) is 0 Å². The first-order valence-corrected chi connectivity index (χ1v) is 8.36. The van der Waals surface area contributed by atoms with E-state index >= 15 is 0 Å². The molecule has 6 heteroatoms. The molecule has 2 amide bonds. The van der Waals surface area contributed by atoms with E-state index in [1.165, 1.54) is 18.2 Å². The Bertz CT molecular complexity index is 750. The molecule has 0 bridgehead atoms. The number of nitrogens with one attached hydrogen (secondary N) is 1. The van der Waals surface area contributed by atoms with Gasteiger partial charge < -0.3 is 15.0 Å². The first-order valence-electron chi connectivity index (χ1n) is 8.36. The molecule has 0 aliphatic carbocycles. The van der Waals surface area contributed by atoms with Crippen molar-refractivity contribution in [3.63, 3.8) is 0 Å². The van der Waals surface area contributed by atoms with E-state index in [0.717, 1.165) is 13.0 Å². The summed E-state index contributed by atoms with van der Waals surface area (Å²) in [6.45, 7) is 1.56. The smallest absolute Gasteiger partial charge is 0.321 e. The Morgan fingerprint density at radius 2 is 2.08 bits per heavy atom. The predicted octanol–water partition coefficient (Wildman–Crippen LogP) is 2.61. The monoisotopic (exact) mass is 340 g/mol. The van der Waals surface area contributed by atoms with Crippen molar-refractivity contribution in [2.24, 2.45) is 0 Å². The molecule has 1 aliphatic heterocycles. The van der Waals surface area contributed by atoms with Crippen LogP contribution in [-0.4, -0.2) is 54.6 Å². The number of anilines is 1. The number of urea groups is 1. The van der Waals surface area contributed by atoms with Gasteiger partial charge in [0.2, 0.25) is 5.88 Å². The number of fused-ring (bicyclic) bond motifs is 1. The largest absolute Gasteiger partial charge is 0.480 e. The molecule has 0 saturated carbocycles. The van der Waals surface area contributed by atoms with Crippen LogP contribution >= 0.6 is 0 Å². The Morgan fingerprint density at radius 1 is 1.32 bits per heavy atom. The number of hydrogen-bond acceptors (Lipinski definition) is 4. The molecular formula is C19H24N4O2. The lowest BCUT2D eigenvalue weighted by Gasteiger charge is -2.36. The van der Waals surface area contributed by atoms with Gasteiger partial charge in [0.05, 0.1) is 7.11 Å². The number of methoxy groups -OCH3 is 1. The third kappa shape index (κ3) is 3.91. The lowest BCUT2D eigenvalue weighted by molar-refractivity contribution is 0.166. The summed E-state index contributed by atoms with van der Waals surface area (Å²) in [4.78, 5) is 20.6. The highest BCUT2D eigenvalue weighted by Gasteiger charge is 2.25. The summed E-state index contributed by atoms with van der Waals surface area (Å²) in [5.74, 6) is 0.410. The summed E-state index contributed by atoms with van der Waals surface area (Å²) < 4.78 is 5.18. The maximum absolute atomic E-state index is 12.5. The minimum atomic E-state index is -0.168. The zero-order valence-corrected chi connectivity index (χ0v) is 14.9. The SMILES string of the molecule is COc1ncccc1NC(=O)N(C)CC1Cc2ccccc2CN1C. The van der Waals surface area contributed by atoms with Crippen molar-refractivity contribution in [2.45, 2.75) is 19.0 Å². The van der Waals surface area contributed by atoms with Crippen LogP contribution in [0.3, 0.4) is 0 Å². The van der Waals surface area contributed by atoms with Crippen molar-refractivity contribution in [3.05, 3.63) is 53.7 Å². The van der Waals surface area contributed by atoms with Gasteiger partial charge in [0.1, 0.15) is 5.69 Å². The van der Waals surface area contributed by atoms with Crippen molar-refractivity contribution < 1.29 is 9.53 Å². The molecule has 25 heavy (non-hydrogen) atoms. The Labute approximate surface area is 148 Å². The van der Waals surface area contributed by atoms with Crippen LogP contribution in [0.5, 0.6) is 5.88 Å². The Morgan fingerprint density at radius 3 is 2.84 bits per heavy atom. The molecule has 2 aromatic rings. The zero-order chi connectivity index (χ0) is 17.8. The lowest BCUT2D eigenvalue weighted by atomic mass is 9.94. The third-order valence-corrected chi connectivity index (χ3v) is 4.65. The molecule has 132 valence electrons. The number of ether oxygens (including phenoxy) is 1. The van der Waals surface area contributed by atoms with Crippen LogP contribution in [-0.2, 0) is 13.0 Å². The van der Waals surface area contributed by atoms with Crippen LogP contribution < -0.4 is 10.1 Å². The van der Waals surface area contributed by atoms with Crippen LogP contribution in [0.2, 0.25) is 0 Å². The lowest BCUT2D eigenvalue weighted by Crippen LogP contribution is -2.47. The summed E-state index contributed by atoms with van der Waals surface area (Å²) >= 11 is 0. The highest BCUT2D eigenvalue weighted by Crippen LogP contribution is 2.23. The summed E-state index contributed by atoms with van der Waals surface area (Å²) in [5.41, 5.74) is 3.31. The van der Waals surface area contributed by atoms with E-state index in [9.17, 15) is 4.79 Å². The van der Waals surface area contributed by atoms with Crippen molar-refractivity contribution >= 4 is 11.7 Å². The van der Waals surface area contributed by atoms with Crippen molar-refractivity contribution in [2.75, 3.05) is 33.1 Å². The summed E-state index contributed by atoms with van der Waals surface area (Å²) in [6, 6.07) is 12.2. The second-order valence-corrected chi connectivity index (χ2v) is 6.41. The van der Waals surface area contributed by atoms with Crippen molar-refractivity contribution in [3.8, 4) is 5.88 Å². The van der Waals surface area contributed by atoms with Gasteiger partial charge in [-0.25, -0.2) is 9.78 Å². The average Bonchev–Trinajstić information content (AvgIpc) is 2.62. The zero-order valence-electron chi connectivity index (χ0n) is 14.9. The van der Waals surface area contributed by atoms with E-state index in [-0.39, 0.29) is 6.03 Å². The fourth-order valence-electron chi connectivity index (χ4n) is 3.18. The molecule has 1 atom stereocenters. The second-order valence-electron chi connectivity index (χ2n) is 6.41. The highest BCUT2D eigenvalue weighted by atomic mass is 16.5. The summed E-state index contributed by atoms with van der Waals surface area (Å²) in [5, 5.41) is 2.87. The number of nitrogens with zero attached hydrogens (tertiary/aromatic N) is 3. The van der Waals surface area contributed by atoms with Crippen LogP contribution in [0.1, 0.15) is 11.1 Å². The molecule has 2 heterocycles. The Balaban J connectivity index is 1.64. The number of benzene rings is 1. The van der Waals surface area contributed by atoms with Crippen LogP contribution in [0.15, 0.2) is 42.6 Å². The second kappa shape index (κ2) is 7.53. The van der Waals surface area contributed by atoms with Gasteiger partial charge in [0, 0.05) is 32.4 Å². The number of pyridine rings is 1. The number of amides is 2. The molecule has 0 saturated heterocycles. The fraction of sp³-hybridized carbons (Fsp3) is 0.368. The Hall–Kier alpha value is -2.60. The average molecular weight is 340 g/mol. The minimum Gasteiger partial charge on any atom is -0.480 e. The van der Waals surface area contributed by atoms with Crippen molar-refractivity contribution in [1.82, 2.24) is 14.8 Å².